The van der Waals surface area contributed by atoms with E-state index in [-0.39, 0.29) is 6.10 Å². The van der Waals surface area contributed by atoms with Crippen LogP contribution in [0.4, 0.5) is 5.69 Å². The first-order valence-corrected chi connectivity index (χ1v) is 4.72. The number of β-amino-alcohol motifs (C(OH)–C–C–N with tert-alkyl or cyclic N) is 1. The highest BCUT2D eigenvalue weighted by molar-refractivity contribution is 6.32. The van der Waals surface area contributed by atoms with Crippen LogP contribution in [0.2, 0.25) is 5.02 Å². The van der Waals surface area contributed by atoms with E-state index in [2.05, 4.69) is 6.07 Å². The number of aliphatic hydroxyl groups excluding tert-OH is 1. The Morgan fingerprint density at radius 3 is 2.79 bits per heavy atom. The second kappa shape index (κ2) is 3.49. The molecule has 0 aliphatic carbocycles. The molecule has 0 radical (unpaired) electrons. The van der Waals surface area contributed by atoms with Crippen LogP contribution in [-0.2, 0) is 0 Å². The Bertz CT molecular complexity index is 394. The van der Waals surface area contributed by atoms with Crippen LogP contribution in [0.15, 0.2) is 18.2 Å². The largest absolute Gasteiger partial charge is 0.389 e. The van der Waals surface area contributed by atoms with E-state index in [0.717, 1.165) is 5.69 Å². The smallest absolute Gasteiger partial charge is 0.103 e. The van der Waals surface area contributed by atoms with Crippen molar-refractivity contribution < 1.29 is 5.11 Å². The lowest BCUT2D eigenvalue weighted by Crippen LogP contribution is -2.51. The van der Waals surface area contributed by atoms with E-state index in [0.29, 0.717) is 23.7 Å². The van der Waals surface area contributed by atoms with Gasteiger partial charge in [0.2, 0.25) is 0 Å². The minimum atomic E-state index is -0.277. The van der Waals surface area contributed by atoms with Gasteiger partial charge in [0, 0.05) is 13.1 Å². The van der Waals surface area contributed by atoms with Gasteiger partial charge in [0.15, 0.2) is 0 Å². The van der Waals surface area contributed by atoms with Gasteiger partial charge >= 0.3 is 0 Å². The van der Waals surface area contributed by atoms with E-state index in [1.807, 2.05) is 17.0 Å². The summed E-state index contributed by atoms with van der Waals surface area (Å²) in [6.07, 6.45) is -0.277. The van der Waals surface area contributed by atoms with Gasteiger partial charge in [-0.05, 0) is 12.1 Å². The number of rotatable bonds is 1. The summed E-state index contributed by atoms with van der Waals surface area (Å²) in [6, 6.07) is 7.42. The molecule has 4 heteroatoms. The summed E-state index contributed by atoms with van der Waals surface area (Å²) in [7, 11) is 0. The molecular formula is C10H9ClN2O. The molecule has 1 aliphatic heterocycles. The molecule has 1 saturated heterocycles. The molecule has 1 aliphatic rings. The van der Waals surface area contributed by atoms with Gasteiger partial charge in [0.25, 0.3) is 0 Å². The molecule has 0 amide bonds. The monoisotopic (exact) mass is 208 g/mol. The first-order valence-electron chi connectivity index (χ1n) is 4.34. The molecule has 0 saturated carbocycles. The van der Waals surface area contributed by atoms with Crippen molar-refractivity contribution in [3.63, 3.8) is 0 Å². The first kappa shape index (κ1) is 9.32. The SMILES string of the molecule is N#Cc1c(Cl)cccc1N1CC(O)C1. The Labute approximate surface area is 87.1 Å². The number of hydrogen-bond donors (Lipinski definition) is 1. The van der Waals surface area contributed by atoms with E-state index in [9.17, 15) is 0 Å². The van der Waals surface area contributed by atoms with Gasteiger partial charge in [-0.3, -0.25) is 0 Å². The van der Waals surface area contributed by atoms with E-state index in [1.54, 1.807) is 6.07 Å². The van der Waals surface area contributed by atoms with E-state index in [1.165, 1.54) is 0 Å². The van der Waals surface area contributed by atoms with E-state index in [4.69, 9.17) is 22.0 Å². The van der Waals surface area contributed by atoms with E-state index >= 15 is 0 Å². The maximum atomic E-state index is 9.15. The van der Waals surface area contributed by atoms with Crippen LogP contribution in [0.1, 0.15) is 5.56 Å². The van der Waals surface area contributed by atoms with Crippen LogP contribution < -0.4 is 4.90 Å². The molecule has 1 fully saturated rings. The molecule has 1 aromatic rings. The number of halogens is 1. The summed E-state index contributed by atoms with van der Waals surface area (Å²) < 4.78 is 0. The molecule has 1 heterocycles. The molecule has 1 N–H and O–H groups in total. The molecule has 14 heavy (non-hydrogen) atoms. The first-order chi connectivity index (χ1) is 6.72. The minimum Gasteiger partial charge on any atom is -0.389 e. The maximum Gasteiger partial charge on any atom is 0.103 e. The second-order valence-corrected chi connectivity index (χ2v) is 3.71. The molecule has 0 atom stereocenters. The summed E-state index contributed by atoms with van der Waals surface area (Å²) >= 11 is 5.88. The van der Waals surface area contributed by atoms with Crippen molar-refractivity contribution in [3.05, 3.63) is 28.8 Å². The average molecular weight is 209 g/mol. The summed E-state index contributed by atoms with van der Waals surface area (Å²) in [5, 5.41) is 18.5. The molecule has 0 aromatic heterocycles. The number of hydrogen-bond acceptors (Lipinski definition) is 3. The summed E-state index contributed by atoms with van der Waals surface area (Å²) in [6.45, 7) is 1.16. The van der Waals surface area contributed by atoms with Crippen LogP contribution in [-0.4, -0.2) is 24.3 Å². The van der Waals surface area contributed by atoms with Gasteiger partial charge in [-0.15, -0.1) is 0 Å². The van der Waals surface area contributed by atoms with Crippen molar-refractivity contribution in [3.8, 4) is 6.07 Å². The zero-order chi connectivity index (χ0) is 10.1. The lowest BCUT2D eigenvalue weighted by Gasteiger charge is -2.38. The van der Waals surface area contributed by atoms with Gasteiger partial charge in [0.05, 0.1) is 22.4 Å². The predicted molar refractivity (Wildman–Crippen MR) is 54.4 cm³/mol. The van der Waals surface area contributed by atoms with Crippen LogP contribution in [0.5, 0.6) is 0 Å². The van der Waals surface area contributed by atoms with Crippen molar-refractivity contribution in [2.24, 2.45) is 0 Å². The lowest BCUT2D eigenvalue weighted by molar-refractivity contribution is 0.142. The van der Waals surface area contributed by atoms with E-state index < -0.39 is 0 Å². The van der Waals surface area contributed by atoms with Crippen LogP contribution in [0, 0.1) is 11.3 Å². The predicted octanol–water partition coefficient (Wildman–Crippen LogP) is 1.39. The zero-order valence-electron chi connectivity index (χ0n) is 7.44. The highest BCUT2D eigenvalue weighted by atomic mass is 35.5. The number of nitriles is 1. The number of anilines is 1. The Morgan fingerprint density at radius 2 is 2.21 bits per heavy atom. The Balaban J connectivity index is 2.34. The van der Waals surface area contributed by atoms with Crippen LogP contribution in [0.3, 0.4) is 0 Å². The topological polar surface area (TPSA) is 47.3 Å². The molecule has 72 valence electrons. The Kier molecular flexibility index (Phi) is 2.32. The third-order valence-corrected chi connectivity index (χ3v) is 2.62. The van der Waals surface area contributed by atoms with Gasteiger partial charge in [0.1, 0.15) is 6.07 Å². The zero-order valence-corrected chi connectivity index (χ0v) is 8.20. The molecule has 1 aromatic carbocycles. The minimum absolute atomic E-state index is 0.277. The molecule has 0 unspecified atom stereocenters. The fourth-order valence-corrected chi connectivity index (χ4v) is 1.75. The standard InChI is InChI=1S/C10H9ClN2O/c11-9-2-1-3-10(8(9)4-12)13-5-7(14)6-13/h1-3,7,14H,5-6H2. The van der Waals surface area contributed by atoms with Gasteiger partial charge < -0.3 is 10.0 Å². The second-order valence-electron chi connectivity index (χ2n) is 3.30. The number of benzene rings is 1. The van der Waals surface area contributed by atoms with Crippen LogP contribution in [0.25, 0.3) is 0 Å². The maximum absolute atomic E-state index is 9.15. The van der Waals surface area contributed by atoms with Gasteiger partial charge in [-0.1, -0.05) is 17.7 Å². The molecule has 3 nitrogen and oxygen atoms in total. The molecule has 2 rings (SSSR count). The van der Waals surface area contributed by atoms with Crippen LogP contribution >= 0.6 is 11.6 Å². The van der Waals surface area contributed by atoms with Gasteiger partial charge in [-0.25, -0.2) is 0 Å². The normalized spacial score (nSPS) is 16.2. The van der Waals surface area contributed by atoms with Crippen molar-refractivity contribution in [2.75, 3.05) is 18.0 Å². The third-order valence-electron chi connectivity index (χ3n) is 2.31. The fraction of sp³-hybridized carbons (Fsp3) is 0.300. The highest BCUT2D eigenvalue weighted by Gasteiger charge is 2.26. The van der Waals surface area contributed by atoms with Crippen molar-refractivity contribution in [1.82, 2.24) is 0 Å². The Hall–Kier alpha value is -1.24. The fourth-order valence-electron chi connectivity index (χ4n) is 1.54. The summed E-state index contributed by atoms with van der Waals surface area (Å²) in [4.78, 5) is 1.94. The summed E-state index contributed by atoms with van der Waals surface area (Å²) in [5.41, 5.74) is 1.30. The molecule has 0 spiro atoms. The molecule has 0 bridgehead atoms. The quantitative estimate of drug-likeness (QED) is 0.759. The average Bonchev–Trinajstić information content (AvgIpc) is 2.13. The summed E-state index contributed by atoms with van der Waals surface area (Å²) in [5.74, 6) is 0. The number of nitrogens with zero attached hydrogens (tertiary/aromatic N) is 2. The molecular weight excluding hydrogens is 200 g/mol. The lowest BCUT2D eigenvalue weighted by atomic mass is 10.1. The third kappa shape index (κ3) is 1.43. The van der Waals surface area contributed by atoms with Gasteiger partial charge in [-0.2, -0.15) is 5.26 Å². The van der Waals surface area contributed by atoms with Crippen molar-refractivity contribution in [1.29, 1.82) is 5.26 Å². The highest BCUT2D eigenvalue weighted by Crippen LogP contribution is 2.29. The van der Waals surface area contributed by atoms with Crippen molar-refractivity contribution in [2.45, 2.75) is 6.10 Å². The van der Waals surface area contributed by atoms with Crippen molar-refractivity contribution >= 4 is 17.3 Å². The Morgan fingerprint density at radius 1 is 1.50 bits per heavy atom. The number of aliphatic hydroxyl groups is 1.